The summed E-state index contributed by atoms with van der Waals surface area (Å²) in [6.07, 6.45) is 1.95. The first kappa shape index (κ1) is 46.5. The molecule has 8 aromatic rings. The van der Waals surface area contributed by atoms with Gasteiger partial charge in [-0.05, 0) is 109 Å². The summed E-state index contributed by atoms with van der Waals surface area (Å²) in [4.78, 5) is 10.7. The summed E-state index contributed by atoms with van der Waals surface area (Å²) >= 11 is 0. The summed E-state index contributed by atoms with van der Waals surface area (Å²) in [5, 5.41) is 14.0. The summed E-state index contributed by atoms with van der Waals surface area (Å²) in [5.41, 5.74) is 16.0. The second kappa shape index (κ2) is 16.7. The van der Waals surface area contributed by atoms with Gasteiger partial charge in [-0.1, -0.05) is 193 Å². The molecular weight excluding hydrogens is 819 g/mol. The Balaban J connectivity index is 1.44. The van der Waals surface area contributed by atoms with Crippen molar-refractivity contribution in [2.24, 2.45) is 0 Å². The standard InChI is InChI=1S/C61H69N3OSi/c1-58(2,3)44-27-28-53(49(36-44)39-21-17-16-18-22-39)64-54-26-20-25-48(55(54)63-57(64)50-37-46(60(7,8)9)38-51(56(50)65)61(10,11)12)42-31-43(33-45(32-42)59(4,5)6)52-35-41(29-30-62-52)40-23-19-24-47(34-40)66(13,14)15/h16-38,65H,1-15H3. The van der Waals surface area contributed by atoms with Crippen molar-refractivity contribution >= 4 is 24.3 Å². The molecule has 0 fully saturated rings. The molecule has 0 spiro atoms. The van der Waals surface area contributed by atoms with Crippen molar-refractivity contribution in [3.05, 3.63) is 162 Å². The third-order valence-electron chi connectivity index (χ3n) is 13.1. The van der Waals surface area contributed by atoms with Crippen LogP contribution in [0.1, 0.15) is 105 Å². The second-order valence-corrected chi connectivity index (χ2v) is 28.6. The molecule has 0 bridgehead atoms. The molecule has 0 atom stereocenters. The van der Waals surface area contributed by atoms with Crippen LogP contribution in [0.15, 0.2) is 140 Å². The molecule has 0 radical (unpaired) electrons. The molecule has 1 N–H and O–H groups in total. The lowest BCUT2D eigenvalue weighted by molar-refractivity contribution is 0.446. The van der Waals surface area contributed by atoms with E-state index in [-0.39, 0.29) is 27.4 Å². The fourth-order valence-corrected chi connectivity index (χ4v) is 10.1. The van der Waals surface area contributed by atoms with Crippen LogP contribution in [0.4, 0.5) is 0 Å². The van der Waals surface area contributed by atoms with E-state index in [1.807, 2.05) is 6.20 Å². The van der Waals surface area contributed by atoms with E-state index in [1.54, 1.807) is 0 Å². The summed E-state index contributed by atoms with van der Waals surface area (Å²) in [6, 6.07) is 48.8. The zero-order valence-electron chi connectivity index (χ0n) is 42.1. The Morgan fingerprint density at radius 2 is 1.08 bits per heavy atom. The largest absolute Gasteiger partial charge is 0.507 e. The zero-order valence-corrected chi connectivity index (χ0v) is 43.1. The lowest BCUT2D eigenvalue weighted by Crippen LogP contribution is -2.37. The van der Waals surface area contributed by atoms with Gasteiger partial charge in [-0.15, -0.1) is 0 Å². The molecule has 6 aromatic carbocycles. The van der Waals surface area contributed by atoms with Gasteiger partial charge in [-0.25, -0.2) is 4.98 Å². The van der Waals surface area contributed by atoms with Crippen LogP contribution >= 0.6 is 0 Å². The fraction of sp³-hybridized carbons (Fsp3) is 0.311. The van der Waals surface area contributed by atoms with Gasteiger partial charge in [0.05, 0.1) is 36.1 Å². The first-order valence-electron chi connectivity index (χ1n) is 23.6. The summed E-state index contributed by atoms with van der Waals surface area (Å²) in [7, 11) is -1.51. The molecule has 2 heterocycles. The van der Waals surface area contributed by atoms with Crippen LogP contribution in [-0.4, -0.2) is 27.7 Å². The Labute approximate surface area is 395 Å². The molecule has 66 heavy (non-hydrogen) atoms. The number of phenols is 1. The maximum atomic E-state index is 12.6. The molecular formula is C61H69N3OSi. The van der Waals surface area contributed by atoms with E-state index in [4.69, 9.17) is 9.97 Å². The van der Waals surface area contributed by atoms with Crippen molar-refractivity contribution in [3.63, 3.8) is 0 Å². The number of phenolic OH excluding ortho intramolecular Hbond substituents is 1. The molecule has 0 unspecified atom stereocenters. The van der Waals surface area contributed by atoms with E-state index in [0.717, 1.165) is 72.5 Å². The van der Waals surface area contributed by atoms with E-state index in [1.165, 1.54) is 21.9 Å². The second-order valence-electron chi connectivity index (χ2n) is 23.5. The lowest BCUT2D eigenvalue weighted by atomic mass is 9.79. The Kier molecular flexibility index (Phi) is 11.7. The van der Waals surface area contributed by atoms with Crippen molar-refractivity contribution in [2.45, 2.75) is 124 Å². The molecule has 0 aliphatic carbocycles. The van der Waals surface area contributed by atoms with E-state index in [0.29, 0.717) is 5.82 Å². The monoisotopic (exact) mass is 888 g/mol. The Bertz CT molecular complexity index is 3100. The molecule has 5 heteroatoms. The first-order chi connectivity index (χ1) is 30.8. The highest BCUT2D eigenvalue weighted by atomic mass is 28.3. The summed E-state index contributed by atoms with van der Waals surface area (Å²) in [6.45, 7) is 34.1. The Hall–Kier alpha value is -6.04. The summed E-state index contributed by atoms with van der Waals surface area (Å²) in [5.74, 6) is 0.967. The van der Waals surface area contributed by atoms with Crippen molar-refractivity contribution < 1.29 is 5.11 Å². The topological polar surface area (TPSA) is 50.9 Å². The number of rotatable bonds is 7. The van der Waals surface area contributed by atoms with Crippen LogP contribution in [0, 0.1) is 0 Å². The average Bonchev–Trinajstić information content (AvgIpc) is 3.64. The van der Waals surface area contributed by atoms with Gasteiger partial charge in [0.15, 0.2) is 0 Å². The summed E-state index contributed by atoms with van der Waals surface area (Å²) < 4.78 is 2.30. The van der Waals surface area contributed by atoms with Crippen molar-refractivity contribution in [2.75, 3.05) is 0 Å². The van der Waals surface area contributed by atoms with E-state index in [9.17, 15) is 5.11 Å². The van der Waals surface area contributed by atoms with Gasteiger partial charge in [-0.3, -0.25) is 9.55 Å². The van der Waals surface area contributed by atoms with Gasteiger partial charge in [0.1, 0.15) is 11.6 Å². The molecule has 8 rings (SSSR count). The van der Waals surface area contributed by atoms with Crippen LogP contribution in [0.3, 0.4) is 0 Å². The Morgan fingerprint density at radius 1 is 0.470 bits per heavy atom. The first-order valence-corrected chi connectivity index (χ1v) is 27.1. The third-order valence-corrected chi connectivity index (χ3v) is 15.2. The maximum absolute atomic E-state index is 12.6. The number of benzene rings is 6. The molecule has 0 saturated heterocycles. The predicted octanol–water partition coefficient (Wildman–Crippen LogP) is 16.2. The molecule has 338 valence electrons. The van der Waals surface area contributed by atoms with Crippen molar-refractivity contribution in [1.29, 1.82) is 0 Å². The van der Waals surface area contributed by atoms with Gasteiger partial charge in [0.25, 0.3) is 0 Å². The minimum atomic E-state index is -1.51. The van der Waals surface area contributed by atoms with E-state index < -0.39 is 8.07 Å². The number of imidazole rings is 1. The number of pyridine rings is 1. The number of hydrogen-bond acceptors (Lipinski definition) is 3. The highest BCUT2D eigenvalue weighted by molar-refractivity contribution is 6.88. The van der Waals surface area contributed by atoms with Crippen molar-refractivity contribution in [1.82, 2.24) is 14.5 Å². The number of para-hydroxylation sites is 1. The van der Waals surface area contributed by atoms with Crippen molar-refractivity contribution in [3.8, 4) is 67.5 Å². The Morgan fingerprint density at radius 3 is 1.73 bits per heavy atom. The van der Waals surface area contributed by atoms with Gasteiger partial charge in [-0.2, -0.15) is 0 Å². The minimum absolute atomic E-state index is 0.0713. The van der Waals surface area contributed by atoms with Crippen LogP contribution in [-0.2, 0) is 21.7 Å². The average molecular weight is 888 g/mol. The molecule has 0 saturated carbocycles. The molecule has 0 amide bonds. The normalized spacial score (nSPS) is 12.8. The number of fused-ring (bicyclic) bond motifs is 1. The number of aromatic nitrogens is 3. The molecule has 0 aliphatic rings. The third kappa shape index (κ3) is 9.20. The lowest BCUT2D eigenvalue weighted by Gasteiger charge is -2.28. The maximum Gasteiger partial charge on any atom is 0.149 e. The fourth-order valence-electron chi connectivity index (χ4n) is 8.91. The van der Waals surface area contributed by atoms with Crippen LogP contribution in [0.5, 0.6) is 5.75 Å². The zero-order chi connectivity index (χ0) is 47.7. The predicted molar refractivity (Wildman–Crippen MR) is 285 cm³/mol. The van der Waals surface area contributed by atoms with E-state index >= 15 is 0 Å². The van der Waals surface area contributed by atoms with Gasteiger partial charge in [0.2, 0.25) is 0 Å². The quantitative estimate of drug-likeness (QED) is 0.162. The van der Waals surface area contributed by atoms with Crippen LogP contribution < -0.4 is 5.19 Å². The molecule has 4 nitrogen and oxygen atoms in total. The minimum Gasteiger partial charge on any atom is -0.507 e. The highest BCUT2D eigenvalue weighted by Gasteiger charge is 2.30. The number of aromatic hydroxyl groups is 1. The number of nitrogens with zero attached hydrogens (tertiary/aromatic N) is 3. The molecule has 2 aromatic heterocycles. The number of hydrogen-bond donors (Lipinski definition) is 1. The van der Waals surface area contributed by atoms with Gasteiger partial charge < -0.3 is 5.11 Å². The van der Waals surface area contributed by atoms with Gasteiger partial charge >= 0.3 is 0 Å². The smallest absolute Gasteiger partial charge is 0.149 e. The SMILES string of the molecule is CC(C)(C)c1cc(-c2cc(-c3cccc([Si](C)(C)C)c3)ccn2)cc(-c2cccc3c2nc(-c2cc(C(C)(C)C)cc(C(C)(C)C)c2O)n3-c2ccc(C(C)(C)C)cc2-c2ccccc2)c1. The highest BCUT2D eigenvalue weighted by Crippen LogP contribution is 2.46. The molecule has 0 aliphatic heterocycles. The van der Waals surface area contributed by atoms with Crippen LogP contribution in [0.2, 0.25) is 19.6 Å². The van der Waals surface area contributed by atoms with E-state index in [2.05, 4.69) is 241 Å². The van der Waals surface area contributed by atoms with Crippen LogP contribution in [0.25, 0.3) is 72.7 Å². The van der Waals surface area contributed by atoms with Gasteiger partial charge in [0, 0.05) is 28.5 Å².